The number of nitrogens with two attached hydrogens (primary N) is 1. The minimum Gasteiger partial charge on any atom is -0.402 e. The predicted octanol–water partition coefficient (Wildman–Crippen LogP) is 3.59. The number of likely N-dealkylation sites (tertiary alicyclic amines) is 1. The van der Waals surface area contributed by atoms with Crippen molar-refractivity contribution < 1.29 is 22.6 Å². The molecule has 2 aliphatic heterocycles. The Labute approximate surface area is 183 Å². The number of halogens is 3. The summed E-state index contributed by atoms with van der Waals surface area (Å²) in [5.74, 6) is 1.88. The third-order valence-electron chi connectivity index (χ3n) is 7.52. The van der Waals surface area contributed by atoms with Crippen LogP contribution in [0, 0.1) is 11.8 Å². The number of pyridine rings is 1. The minimum absolute atomic E-state index is 0.293. The summed E-state index contributed by atoms with van der Waals surface area (Å²) in [5.41, 5.74) is 6.72. The van der Waals surface area contributed by atoms with Crippen LogP contribution in [-0.4, -0.2) is 58.1 Å². The van der Waals surface area contributed by atoms with Gasteiger partial charge in [-0.3, -0.25) is 4.90 Å². The van der Waals surface area contributed by atoms with Crippen molar-refractivity contribution in [2.24, 2.45) is 11.8 Å². The third-order valence-corrected chi connectivity index (χ3v) is 7.52. The monoisotopic (exact) mass is 449 g/mol. The van der Waals surface area contributed by atoms with Crippen LogP contribution in [-0.2, 0) is 4.74 Å². The van der Waals surface area contributed by atoms with Gasteiger partial charge in [0.1, 0.15) is 5.82 Å². The Hall–Kier alpha value is -2.33. The number of alkyl halides is 3. The first-order chi connectivity index (χ1) is 15.4. The first kappa shape index (κ1) is 20.3. The number of hydrogen-bond acceptors (Lipinski definition) is 6. The number of anilines is 1. The van der Waals surface area contributed by atoms with Gasteiger partial charge in [-0.05, 0) is 30.7 Å². The van der Waals surface area contributed by atoms with Crippen LogP contribution in [0.15, 0.2) is 18.5 Å². The quantitative estimate of drug-likeness (QED) is 0.752. The summed E-state index contributed by atoms with van der Waals surface area (Å²) in [6.07, 6.45) is 3.22. The molecular formula is C22H26F3N5O2. The average Bonchev–Trinajstić information content (AvgIpc) is 3.17. The molecule has 7 nitrogen and oxygen atoms in total. The number of piperidine rings is 1. The van der Waals surface area contributed by atoms with Crippen molar-refractivity contribution in [2.75, 3.05) is 32.0 Å². The number of imidazole rings is 1. The Morgan fingerprint density at radius 3 is 2.47 bits per heavy atom. The maximum Gasteiger partial charge on any atom is 0.573 e. The van der Waals surface area contributed by atoms with Gasteiger partial charge < -0.3 is 19.8 Å². The van der Waals surface area contributed by atoms with E-state index in [-0.39, 0.29) is 5.82 Å². The summed E-state index contributed by atoms with van der Waals surface area (Å²) in [4.78, 5) is 11.4. The molecule has 0 unspecified atom stereocenters. The summed E-state index contributed by atoms with van der Waals surface area (Å²) >= 11 is 0. The van der Waals surface area contributed by atoms with Crippen LogP contribution in [0.1, 0.15) is 43.5 Å². The highest BCUT2D eigenvalue weighted by atomic mass is 19.4. The van der Waals surface area contributed by atoms with Crippen LogP contribution < -0.4 is 10.5 Å². The standard InChI is InChI=1S/C22H26F3N5O2/c23-22(24,25)32-18-5-13(6-27-20(18)26)17-9-30(21(28-17)12-3-1-2-4-12)19-15-7-29(8-16(15)19)14-10-31-11-14/h5-6,9,12,14-16,19H,1-4,7-8,10-11H2,(H2,26,27)/t15-,16+,19+. The molecule has 2 saturated carbocycles. The Bertz CT molecular complexity index is 1000. The molecule has 2 saturated heterocycles. The van der Waals surface area contributed by atoms with Crippen molar-refractivity contribution in [3.05, 3.63) is 24.3 Å². The molecule has 172 valence electrons. The molecule has 0 radical (unpaired) electrons. The largest absolute Gasteiger partial charge is 0.573 e. The number of fused-ring (bicyclic) bond motifs is 1. The topological polar surface area (TPSA) is 78.4 Å². The van der Waals surface area contributed by atoms with Crippen LogP contribution in [0.5, 0.6) is 5.75 Å². The van der Waals surface area contributed by atoms with Crippen molar-refractivity contribution >= 4 is 5.82 Å². The first-order valence-electron chi connectivity index (χ1n) is 11.3. The number of aromatic nitrogens is 3. The number of nitrogens with zero attached hydrogens (tertiary/aromatic N) is 4. The lowest BCUT2D eigenvalue weighted by atomic mass is 10.1. The van der Waals surface area contributed by atoms with E-state index in [1.807, 2.05) is 6.20 Å². The zero-order chi connectivity index (χ0) is 22.0. The van der Waals surface area contributed by atoms with Crippen molar-refractivity contribution in [1.82, 2.24) is 19.4 Å². The van der Waals surface area contributed by atoms with E-state index in [9.17, 15) is 13.2 Å². The van der Waals surface area contributed by atoms with Gasteiger partial charge in [-0.2, -0.15) is 0 Å². The fourth-order valence-electron chi connectivity index (χ4n) is 5.75. The van der Waals surface area contributed by atoms with Crippen LogP contribution in [0.2, 0.25) is 0 Å². The smallest absolute Gasteiger partial charge is 0.402 e. The molecule has 2 aromatic rings. The van der Waals surface area contributed by atoms with E-state index in [1.165, 1.54) is 25.1 Å². The molecule has 0 aromatic carbocycles. The molecule has 0 spiro atoms. The van der Waals surface area contributed by atoms with E-state index in [4.69, 9.17) is 15.5 Å². The Kier molecular flexibility index (Phi) is 4.66. The molecule has 32 heavy (non-hydrogen) atoms. The van der Waals surface area contributed by atoms with Gasteiger partial charge in [0.2, 0.25) is 0 Å². The van der Waals surface area contributed by atoms with Crippen LogP contribution in [0.4, 0.5) is 19.0 Å². The van der Waals surface area contributed by atoms with Crippen LogP contribution in [0.3, 0.4) is 0 Å². The summed E-state index contributed by atoms with van der Waals surface area (Å²) in [7, 11) is 0. The molecular weight excluding hydrogens is 423 g/mol. The van der Waals surface area contributed by atoms with Crippen molar-refractivity contribution in [3.63, 3.8) is 0 Å². The zero-order valence-electron chi connectivity index (χ0n) is 17.6. The van der Waals surface area contributed by atoms with Gasteiger partial charge in [-0.15, -0.1) is 13.2 Å². The molecule has 10 heteroatoms. The number of ether oxygens (including phenoxy) is 2. The summed E-state index contributed by atoms with van der Waals surface area (Å²) in [5, 5.41) is 0. The first-order valence-corrected chi connectivity index (χ1v) is 11.3. The molecule has 6 rings (SSSR count). The van der Waals surface area contributed by atoms with Crippen LogP contribution in [0.25, 0.3) is 11.3 Å². The van der Waals surface area contributed by atoms with Gasteiger partial charge >= 0.3 is 6.36 Å². The van der Waals surface area contributed by atoms with E-state index in [0.29, 0.717) is 41.1 Å². The Morgan fingerprint density at radius 1 is 1.12 bits per heavy atom. The van der Waals surface area contributed by atoms with Gasteiger partial charge in [0.15, 0.2) is 11.6 Å². The van der Waals surface area contributed by atoms with Crippen LogP contribution >= 0.6 is 0 Å². The number of rotatable bonds is 5. The van der Waals surface area contributed by atoms with Crippen molar-refractivity contribution in [3.8, 4) is 17.0 Å². The molecule has 4 heterocycles. The molecule has 3 atom stereocenters. The summed E-state index contributed by atoms with van der Waals surface area (Å²) in [6.45, 7) is 3.82. The SMILES string of the molecule is Nc1ncc(-c2cn([C@H]3[C@@H]4CN(C5COC5)C[C@@H]43)c(C3CCCC3)n2)cc1OC(F)(F)F. The second-order valence-corrected chi connectivity index (χ2v) is 9.49. The second-order valence-electron chi connectivity index (χ2n) is 9.49. The second kappa shape index (κ2) is 7.34. The van der Waals surface area contributed by atoms with Gasteiger partial charge in [0.25, 0.3) is 0 Å². The Balaban J connectivity index is 1.29. The molecule has 0 bridgehead atoms. The number of nitrogen functional groups attached to an aromatic ring is 1. The number of hydrogen-bond donors (Lipinski definition) is 1. The minimum atomic E-state index is -4.83. The molecule has 2 aliphatic carbocycles. The highest BCUT2D eigenvalue weighted by Gasteiger charge is 2.58. The predicted molar refractivity (Wildman–Crippen MR) is 110 cm³/mol. The zero-order valence-corrected chi connectivity index (χ0v) is 17.6. The van der Waals surface area contributed by atoms with Crippen molar-refractivity contribution in [1.29, 1.82) is 0 Å². The summed E-state index contributed by atoms with van der Waals surface area (Å²) < 4.78 is 50.0. The van der Waals surface area contributed by atoms with Gasteiger partial charge in [-0.25, -0.2) is 9.97 Å². The van der Waals surface area contributed by atoms with Gasteiger partial charge in [0.05, 0.1) is 24.9 Å². The van der Waals surface area contributed by atoms with E-state index in [1.54, 1.807) is 0 Å². The fourth-order valence-corrected chi connectivity index (χ4v) is 5.75. The highest BCUT2D eigenvalue weighted by molar-refractivity contribution is 5.64. The van der Waals surface area contributed by atoms with E-state index >= 15 is 0 Å². The maximum absolute atomic E-state index is 12.8. The maximum atomic E-state index is 12.8. The van der Waals surface area contributed by atoms with E-state index < -0.39 is 12.1 Å². The fraction of sp³-hybridized carbons (Fsp3) is 0.636. The highest BCUT2D eigenvalue weighted by Crippen LogP contribution is 2.57. The molecule has 2 N–H and O–H groups in total. The summed E-state index contributed by atoms with van der Waals surface area (Å²) in [6, 6.07) is 2.26. The normalized spacial score (nSPS) is 28.7. The molecule has 4 fully saturated rings. The van der Waals surface area contributed by atoms with E-state index in [2.05, 4.69) is 19.2 Å². The lowest BCUT2D eigenvalue weighted by Gasteiger charge is -2.36. The lowest BCUT2D eigenvalue weighted by molar-refractivity contribution is -0.274. The van der Waals surface area contributed by atoms with Gasteiger partial charge in [0, 0.05) is 43.0 Å². The molecule has 4 aliphatic rings. The average molecular weight is 449 g/mol. The van der Waals surface area contributed by atoms with Crippen molar-refractivity contribution in [2.45, 2.75) is 50.0 Å². The van der Waals surface area contributed by atoms with Gasteiger partial charge in [-0.1, -0.05) is 12.8 Å². The van der Waals surface area contributed by atoms with E-state index in [0.717, 1.165) is 45.0 Å². The molecule has 2 aromatic heterocycles. The third kappa shape index (κ3) is 3.53. The Morgan fingerprint density at radius 2 is 1.84 bits per heavy atom. The molecule has 0 amide bonds. The lowest BCUT2D eigenvalue weighted by Crippen LogP contribution is -2.49.